The summed E-state index contributed by atoms with van der Waals surface area (Å²) in [6.45, 7) is 4.12. The summed E-state index contributed by atoms with van der Waals surface area (Å²) in [5.41, 5.74) is 1.53. The van der Waals surface area contributed by atoms with Crippen LogP contribution in [-0.4, -0.2) is 28.1 Å². The normalized spacial score (nSPS) is 11.3. The van der Waals surface area contributed by atoms with Crippen LogP contribution in [0.2, 0.25) is 0 Å². The summed E-state index contributed by atoms with van der Waals surface area (Å²) in [5, 5.41) is 0. The van der Waals surface area contributed by atoms with Gasteiger partial charge in [-0.1, -0.05) is 63.3 Å². The fraction of sp³-hybridized carbons (Fsp3) is 0.526. The molecule has 1 aromatic carbocycles. The van der Waals surface area contributed by atoms with Crippen LogP contribution < -0.4 is 0 Å². The largest absolute Gasteiger partial charge is 0.480 e. The Labute approximate surface area is 165 Å². The van der Waals surface area contributed by atoms with E-state index < -0.39 is 7.82 Å². The third-order valence-corrected chi connectivity index (χ3v) is 5.54. The van der Waals surface area contributed by atoms with Crippen molar-refractivity contribution in [2.45, 2.75) is 51.4 Å². The molecule has 0 spiro atoms. The lowest BCUT2D eigenvalue weighted by molar-refractivity contribution is 0.0497. The molecule has 0 bridgehead atoms. The third-order valence-electron chi connectivity index (χ3n) is 3.89. The van der Waals surface area contributed by atoms with Crippen LogP contribution in [-0.2, 0) is 13.3 Å². The van der Waals surface area contributed by atoms with Crippen molar-refractivity contribution in [1.82, 2.24) is 0 Å². The summed E-state index contributed by atoms with van der Waals surface area (Å²) in [5.74, 6) is 0.304. The van der Waals surface area contributed by atoms with Crippen LogP contribution >= 0.6 is 19.9 Å². The van der Waals surface area contributed by atoms with Crippen molar-refractivity contribution in [2.75, 3.05) is 12.4 Å². The first kappa shape index (κ1) is 23.9. The van der Waals surface area contributed by atoms with Gasteiger partial charge < -0.3 is 14.5 Å². The van der Waals surface area contributed by atoms with Crippen molar-refractivity contribution >= 4 is 31.9 Å². The Morgan fingerprint density at radius 1 is 1.00 bits per heavy atom. The van der Waals surface area contributed by atoms with E-state index in [1.54, 1.807) is 18.2 Å². The molecule has 0 aliphatic carbocycles. The summed E-state index contributed by atoms with van der Waals surface area (Å²) in [4.78, 5) is 28.9. The number of benzene rings is 1. The Balaban J connectivity index is 1.90. The van der Waals surface area contributed by atoms with Crippen molar-refractivity contribution in [1.29, 1.82) is 0 Å². The molecule has 0 atom stereocenters. The molecule has 0 aromatic heterocycles. The molecule has 0 radical (unpaired) electrons. The highest BCUT2D eigenvalue weighted by atomic mass is 32.2. The first-order valence-electron chi connectivity index (χ1n) is 9.19. The SMILES string of the molecule is C=Cc1ccc(C(=O)OCCCCCCCCCCSOP(=O)(O)O)cc1. The van der Waals surface area contributed by atoms with Crippen molar-refractivity contribution in [3.8, 4) is 0 Å². The number of hydrogen-bond donors (Lipinski definition) is 2. The summed E-state index contributed by atoms with van der Waals surface area (Å²) in [6, 6.07) is 7.17. The van der Waals surface area contributed by atoms with Crippen LogP contribution in [0.15, 0.2) is 30.8 Å². The van der Waals surface area contributed by atoms with Gasteiger partial charge in [0.1, 0.15) is 0 Å². The first-order chi connectivity index (χ1) is 12.9. The molecule has 6 nitrogen and oxygen atoms in total. The van der Waals surface area contributed by atoms with Crippen molar-refractivity contribution in [3.05, 3.63) is 42.0 Å². The highest BCUT2D eigenvalue weighted by Crippen LogP contribution is 2.41. The van der Waals surface area contributed by atoms with Crippen molar-refractivity contribution in [2.24, 2.45) is 0 Å². The van der Waals surface area contributed by atoms with Gasteiger partial charge >= 0.3 is 13.8 Å². The number of carbonyl (C=O) groups is 1. The van der Waals surface area contributed by atoms with Gasteiger partial charge in [0.05, 0.1) is 12.2 Å². The zero-order valence-corrected chi connectivity index (χ0v) is 17.3. The second kappa shape index (κ2) is 14.0. The van der Waals surface area contributed by atoms with Gasteiger partial charge in [0.25, 0.3) is 0 Å². The van der Waals surface area contributed by atoms with Gasteiger partial charge in [-0.15, -0.1) is 0 Å². The van der Waals surface area contributed by atoms with Gasteiger partial charge in [0.15, 0.2) is 0 Å². The molecular formula is C19H29O6PS. The number of carbonyl (C=O) groups excluding carboxylic acids is 1. The van der Waals surface area contributed by atoms with E-state index in [1.165, 1.54) is 0 Å². The molecule has 0 heterocycles. The van der Waals surface area contributed by atoms with Crippen LogP contribution in [0.4, 0.5) is 0 Å². The zero-order chi connectivity index (χ0) is 20.0. The van der Waals surface area contributed by atoms with Crippen LogP contribution in [0.25, 0.3) is 6.08 Å². The Morgan fingerprint density at radius 3 is 2.11 bits per heavy atom. The van der Waals surface area contributed by atoms with Gasteiger partial charge in [-0.25, -0.2) is 13.3 Å². The van der Waals surface area contributed by atoms with Crippen molar-refractivity contribution < 1.29 is 27.9 Å². The standard InChI is InChI=1S/C19H29O6PS/c1-2-17-11-13-18(14-12-17)19(20)24-15-9-7-5-3-4-6-8-10-16-27-25-26(21,22)23/h2,11-14H,1,3-10,15-16H2,(H2,21,22,23). The van der Waals surface area contributed by atoms with E-state index in [-0.39, 0.29) is 5.97 Å². The molecule has 8 heteroatoms. The highest BCUT2D eigenvalue weighted by Gasteiger charge is 2.13. The summed E-state index contributed by atoms with van der Waals surface area (Å²) in [7, 11) is -4.34. The average molecular weight is 416 g/mol. The van der Waals surface area contributed by atoms with Crippen LogP contribution in [0.1, 0.15) is 67.3 Å². The second-order valence-corrected chi connectivity index (χ2v) is 8.40. The smallest absolute Gasteiger partial charge is 0.462 e. The molecule has 0 saturated heterocycles. The monoisotopic (exact) mass is 416 g/mol. The van der Waals surface area contributed by atoms with E-state index in [0.717, 1.165) is 69.0 Å². The molecule has 0 saturated carbocycles. The molecule has 0 fully saturated rings. The Bertz CT molecular complexity index is 599. The first-order valence-corrected chi connectivity index (χ1v) is 11.6. The number of ether oxygens (including phenoxy) is 1. The van der Waals surface area contributed by atoms with E-state index in [2.05, 4.69) is 10.5 Å². The average Bonchev–Trinajstić information content (AvgIpc) is 2.64. The van der Waals surface area contributed by atoms with E-state index in [1.807, 2.05) is 12.1 Å². The Kier molecular flexibility index (Phi) is 12.4. The molecule has 27 heavy (non-hydrogen) atoms. The number of hydrogen-bond acceptors (Lipinski definition) is 5. The predicted octanol–water partition coefficient (Wildman–Crippen LogP) is 5.36. The fourth-order valence-electron chi connectivity index (χ4n) is 2.43. The van der Waals surface area contributed by atoms with E-state index >= 15 is 0 Å². The number of phosphoric acid groups is 1. The van der Waals surface area contributed by atoms with E-state index in [4.69, 9.17) is 14.5 Å². The molecule has 0 unspecified atom stereocenters. The molecule has 0 aliphatic rings. The van der Waals surface area contributed by atoms with Crippen LogP contribution in [0.3, 0.4) is 0 Å². The van der Waals surface area contributed by atoms with Gasteiger partial charge in [0.2, 0.25) is 0 Å². The fourth-order valence-corrected chi connectivity index (χ4v) is 3.60. The molecule has 0 amide bonds. The quantitative estimate of drug-likeness (QED) is 0.172. The lowest BCUT2D eigenvalue weighted by Gasteiger charge is -2.06. The molecular weight excluding hydrogens is 387 g/mol. The molecule has 0 aliphatic heterocycles. The Morgan fingerprint density at radius 2 is 1.56 bits per heavy atom. The van der Waals surface area contributed by atoms with Gasteiger partial charge in [-0.2, -0.15) is 0 Å². The number of rotatable bonds is 15. The molecule has 152 valence electrons. The summed E-state index contributed by atoms with van der Waals surface area (Å²) >= 11 is 0.831. The topological polar surface area (TPSA) is 93.1 Å². The van der Waals surface area contributed by atoms with E-state index in [0.29, 0.717) is 17.9 Å². The van der Waals surface area contributed by atoms with Gasteiger partial charge in [-0.3, -0.25) is 0 Å². The maximum Gasteiger partial charge on any atom is 0.480 e. The highest BCUT2D eigenvalue weighted by molar-refractivity contribution is 7.97. The van der Waals surface area contributed by atoms with Gasteiger partial charge in [-0.05, 0) is 30.5 Å². The number of unbranched alkanes of at least 4 members (excludes halogenated alkanes) is 7. The van der Waals surface area contributed by atoms with Crippen LogP contribution in [0.5, 0.6) is 0 Å². The molecule has 1 aromatic rings. The molecule has 2 N–H and O–H groups in total. The lowest BCUT2D eigenvalue weighted by atomic mass is 10.1. The maximum absolute atomic E-state index is 11.9. The predicted molar refractivity (Wildman–Crippen MR) is 109 cm³/mol. The minimum atomic E-state index is -4.34. The van der Waals surface area contributed by atoms with Crippen LogP contribution in [0, 0.1) is 0 Å². The Hall–Kier alpha value is -1.11. The summed E-state index contributed by atoms with van der Waals surface area (Å²) < 4.78 is 20.1. The minimum absolute atomic E-state index is 0.286. The third kappa shape index (κ3) is 12.8. The van der Waals surface area contributed by atoms with E-state index in [9.17, 15) is 9.36 Å². The second-order valence-electron chi connectivity index (χ2n) is 6.18. The minimum Gasteiger partial charge on any atom is -0.462 e. The maximum atomic E-state index is 11.9. The number of esters is 1. The lowest BCUT2D eigenvalue weighted by Crippen LogP contribution is -2.06. The van der Waals surface area contributed by atoms with Gasteiger partial charge in [0, 0.05) is 17.8 Å². The van der Waals surface area contributed by atoms with Crippen molar-refractivity contribution in [3.63, 3.8) is 0 Å². The summed E-state index contributed by atoms with van der Waals surface area (Å²) in [6.07, 6.45) is 10.0. The zero-order valence-electron chi connectivity index (χ0n) is 15.5. The molecule has 1 rings (SSSR count).